The van der Waals surface area contributed by atoms with Gasteiger partial charge in [0.15, 0.2) is 11.6 Å². The van der Waals surface area contributed by atoms with E-state index in [9.17, 15) is 4.39 Å². The van der Waals surface area contributed by atoms with Gasteiger partial charge in [0.05, 0.1) is 6.10 Å². The number of thiophene rings is 1. The SMILES string of the molecule is CCCCCCc1ccc(-c2ccc(-c3ccc(OC(C)CC(C)([Si])CCCC)c(F)c3)s2)cc1. The number of hydrogen-bond donors (Lipinski definition) is 0. The van der Waals surface area contributed by atoms with Crippen molar-refractivity contribution >= 4 is 21.6 Å². The molecule has 0 fully saturated rings. The average molecular weight is 508 g/mol. The third-order valence-corrected chi connectivity index (χ3v) is 8.17. The van der Waals surface area contributed by atoms with E-state index >= 15 is 0 Å². The Morgan fingerprint density at radius 3 is 2.20 bits per heavy atom. The van der Waals surface area contributed by atoms with E-state index in [0.29, 0.717) is 5.75 Å². The van der Waals surface area contributed by atoms with Crippen LogP contribution in [0.5, 0.6) is 5.75 Å². The molecule has 4 heteroatoms. The van der Waals surface area contributed by atoms with Crippen LogP contribution in [0.2, 0.25) is 5.04 Å². The van der Waals surface area contributed by atoms with Gasteiger partial charge in [-0.15, -0.1) is 11.3 Å². The fraction of sp³-hybridized carbons (Fsp3) is 0.484. The lowest BCUT2D eigenvalue weighted by molar-refractivity contribution is 0.182. The first-order chi connectivity index (χ1) is 16.8. The van der Waals surface area contributed by atoms with Crippen LogP contribution in [-0.4, -0.2) is 16.3 Å². The van der Waals surface area contributed by atoms with Gasteiger partial charge in [0.2, 0.25) is 0 Å². The highest BCUT2D eigenvalue weighted by Gasteiger charge is 2.22. The Morgan fingerprint density at radius 2 is 1.54 bits per heavy atom. The van der Waals surface area contributed by atoms with Crippen molar-refractivity contribution in [1.82, 2.24) is 0 Å². The van der Waals surface area contributed by atoms with Crippen LogP contribution in [0.1, 0.15) is 84.6 Å². The third-order valence-electron chi connectivity index (χ3n) is 6.53. The Balaban J connectivity index is 1.61. The molecule has 0 bridgehead atoms. The van der Waals surface area contributed by atoms with E-state index in [4.69, 9.17) is 4.74 Å². The molecule has 0 spiro atoms. The molecule has 1 aromatic heterocycles. The number of benzene rings is 2. The molecule has 1 heterocycles. The smallest absolute Gasteiger partial charge is 0.165 e. The van der Waals surface area contributed by atoms with Crippen molar-refractivity contribution in [2.45, 2.75) is 96.6 Å². The van der Waals surface area contributed by atoms with Crippen LogP contribution in [0.15, 0.2) is 54.6 Å². The topological polar surface area (TPSA) is 9.23 Å². The van der Waals surface area contributed by atoms with Gasteiger partial charge in [-0.1, -0.05) is 83.6 Å². The zero-order valence-corrected chi connectivity index (χ0v) is 23.6. The minimum absolute atomic E-state index is 0.00642. The Hall–Kier alpha value is -1.91. The van der Waals surface area contributed by atoms with Gasteiger partial charge in [0, 0.05) is 20.0 Å². The van der Waals surface area contributed by atoms with Crippen LogP contribution in [0.3, 0.4) is 0 Å². The van der Waals surface area contributed by atoms with Gasteiger partial charge < -0.3 is 4.74 Å². The van der Waals surface area contributed by atoms with Crippen LogP contribution in [0.4, 0.5) is 4.39 Å². The van der Waals surface area contributed by atoms with E-state index in [2.05, 4.69) is 67.4 Å². The van der Waals surface area contributed by atoms with Crippen LogP contribution in [0.25, 0.3) is 20.9 Å². The molecular weight excluding hydrogens is 467 g/mol. The highest BCUT2D eigenvalue weighted by atomic mass is 32.1. The van der Waals surface area contributed by atoms with Gasteiger partial charge in [-0.2, -0.15) is 0 Å². The quantitative estimate of drug-likeness (QED) is 0.156. The second-order valence-electron chi connectivity index (χ2n) is 10.1. The summed E-state index contributed by atoms with van der Waals surface area (Å²) < 4.78 is 20.9. The van der Waals surface area contributed by atoms with Gasteiger partial charge in [-0.05, 0) is 78.2 Å². The molecule has 3 radical (unpaired) electrons. The van der Waals surface area contributed by atoms with Crippen LogP contribution in [0, 0.1) is 5.82 Å². The van der Waals surface area contributed by atoms with E-state index in [1.807, 2.05) is 13.0 Å². The molecule has 1 nitrogen and oxygen atoms in total. The predicted molar refractivity (Wildman–Crippen MR) is 151 cm³/mol. The number of rotatable bonds is 14. The van der Waals surface area contributed by atoms with E-state index < -0.39 is 0 Å². The summed E-state index contributed by atoms with van der Waals surface area (Å²) in [6.07, 6.45) is 10.5. The van der Waals surface area contributed by atoms with E-state index in [-0.39, 0.29) is 17.0 Å². The fourth-order valence-corrected chi connectivity index (χ4v) is 6.02. The third kappa shape index (κ3) is 8.61. The molecule has 2 aromatic carbocycles. The molecule has 2 unspecified atom stereocenters. The number of unbranched alkanes of at least 4 members (excludes halogenated alkanes) is 4. The first kappa shape index (κ1) is 27.7. The summed E-state index contributed by atoms with van der Waals surface area (Å²) in [6, 6.07) is 18.5. The second kappa shape index (κ2) is 13.4. The molecule has 3 rings (SSSR count). The van der Waals surface area contributed by atoms with Crippen LogP contribution < -0.4 is 4.74 Å². The highest BCUT2D eigenvalue weighted by Crippen LogP contribution is 2.37. The summed E-state index contributed by atoms with van der Waals surface area (Å²) in [5.74, 6) is 0.0199. The molecule has 187 valence electrons. The normalized spacial score (nSPS) is 14.0. The van der Waals surface area contributed by atoms with Crippen molar-refractivity contribution in [3.63, 3.8) is 0 Å². The summed E-state index contributed by atoms with van der Waals surface area (Å²) in [5, 5.41) is 0.00642. The average Bonchev–Trinajstić information content (AvgIpc) is 3.32. The zero-order chi connectivity index (χ0) is 25.3. The number of halogens is 1. The maximum atomic E-state index is 14.9. The lowest BCUT2D eigenvalue weighted by Crippen LogP contribution is -2.21. The summed E-state index contributed by atoms with van der Waals surface area (Å²) in [5.41, 5.74) is 3.51. The molecule has 0 aliphatic rings. The van der Waals surface area contributed by atoms with E-state index in [1.54, 1.807) is 23.5 Å². The van der Waals surface area contributed by atoms with E-state index in [1.165, 1.54) is 54.5 Å². The van der Waals surface area contributed by atoms with Crippen LogP contribution >= 0.6 is 11.3 Å². The van der Waals surface area contributed by atoms with Crippen molar-refractivity contribution in [3.05, 3.63) is 66.0 Å². The van der Waals surface area contributed by atoms with Crippen molar-refractivity contribution in [2.24, 2.45) is 0 Å². The molecule has 2 atom stereocenters. The Labute approximate surface area is 219 Å². The van der Waals surface area contributed by atoms with Gasteiger partial charge >= 0.3 is 0 Å². The largest absolute Gasteiger partial charge is 0.488 e. The fourth-order valence-electron chi connectivity index (χ4n) is 4.55. The molecule has 0 aliphatic heterocycles. The first-order valence-corrected chi connectivity index (χ1v) is 14.5. The van der Waals surface area contributed by atoms with Gasteiger partial charge in [0.25, 0.3) is 0 Å². The first-order valence-electron chi connectivity index (χ1n) is 13.2. The van der Waals surface area contributed by atoms with Crippen molar-refractivity contribution in [3.8, 4) is 26.6 Å². The minimum Gasteiger partial charge on any atom is -0.488 e. The maximum absolute atomic E-state index is 14.9. The minimum atomic E-state index is -0.305. The lowest BCUT2D eigenvalue weighted by atomic mass is 9.96. The molecule has 35 heavy (non-hydrogen) atoms. The zero-order valence-electron chi connectivity index (χ0n) is 21.8. The Kier molecular flexibility index (Phi) is 10.6. The second-order valence-corrected chi connectivity index (χ2v) is 12.4. The van der Waals surface area contributed by atoms with Gasteiger partial charge in [-0.25, -0.2) is 4.39 Å². The standard InChI is InChI=1S/C31H40FOSSi/c1-5-7-9-10-11-24-12-14-25(15-13-24)29-18-19-30(34-29)26-16-17-28(27(32)21-26)33-23(3)22-31(4,35)20-8-6-2/h12-19,21,23H,5-11,20,22H2,1-4H3. The monoisotopic (exact) mass is 507 g/mol. The molecule has 3 aromatic rings. The molecule has 0 saturated carbocycles. The Bertz CT molecular complexity index is 1040. The predicted octanol–water partition coefficient (Wildman–Crippen LogP) is 10.0. The molecule has 0 aliphatic carbocycles. The Morgan fingerprint density at radius 1 is 0.886 bits per heavy atom. The van der Waals surface area contributed by atoms with Crippen molar-refractivity contribution in [1.29, 1.82) is 0 Å². The summed E-state index contributed by atoms with van der Waals surface area (Å²) in [6.45, 7) is 8.65. The molecule has 0 saturated heterocycles. The molecular formula is C31H40FOSSi. The number of aryl methyl sites for hydroxylation is 1. The van der Waals surface area contributed by atoms with Gasteiger partial charge in [0.1, 0.15) is 0 Å². The van der Waals surface area contributed by atoms with Crippen LogP contribution in [-0.2, 0) is 6.42 Å². The maximum Gasteiger partial charge on any atom is 0.165 e. The number of ether oxygens (including phenoxy) is 1. The number of hydrogen-bond acceptors (Lipinski definition) is 2. The van der Waals surface area contributed by atoms with Crippen molar-refractivity contribution in [2.75, 3.05) is 0 Å². The van der Waals surface area contributed by atoms with Gasteiger partial charge in [-0.3, -0.25) is 0 Å². The summed E-state index contributed by atoms with van der Waals surface area (Å²) in [4.78, 5) is 2.27. The molecule has 0 N–H and O–H groups in total. The highest BCUT2D eigenvalue weighted by molar-refractivity contribution is 7.18. The van der Waals surface area contributed by atoms with Crippen molar-refractivity contribution < 1.29 is 9.13 Å². The molecule has 0 amide bonds. The summed E-state index contributed by atoms with van der Waals surface area (Å²) >= 11 is 1.70. The summed E-state index contributed by atoms with van der Waals surface area (Å²) in [7, 11) is 3.88. The lowest BCUT2D eigenvalue weighted by Gasteiger charge is -2.28. The van der Waals surface area contributed by atoms with E-state index in [0.717, 1.165) is 29.7 Å².